The second kappa shape index (κ2) is 30.7. The number of rotatable bonds is 20. The van der Waals surface area contributed by atoms with E-state index in [0.29, 0.717) is 67.1 Å². The van der Waals surface area contributed by atoms with Gasteiger partial charge >= 0.3 is 30.1 Å². The molecule has 0 unspecified atom stereocenters. The number of carbonyl (C=O) groups is 3. The number of aliphatic hydroxyl groups excluding tert-OH is 1. The van der Waals surface area contributed by atoms with Crippen LogP contribution in [0.1, 0.15) is 75.3 Å². The molecular weight excluding hydrogens is 1100 g/mol. The van der Waals surface area contributed by atoms with Gasteiger partial charge in [0.05, 0.1) is 19.7 Å². The summed E-state index contributed by atoms with van der Waals surface area (Å²) in [6.07, 6.45) is 5.33. The van der Waals surface area contributed by atoms with Crippen LogP contribution in [0, 0.1) is 17.9 Å². The normalized spacial score (nSPS) is 11.4. The summed E-state index contributed by atoms with van der Waals surface area (Å²) in [5.41, 5.74) is 22.0. The van der Waals surface area contributed by atoms with Crippen molar-refractivity contribution in [2.24, 2.45) is 5.73 Å². The highest BCUT2D eigenvalue weighted by Gasteiger charge is 2.22. The largest absolute Gasteiger partial charge is 0.465 e. The van der Waals surface area contributed by atoms with Crippen LogP contribution in [0.15, 0.2) is 142 Å². The maximum atomic E-state index is 12.3. The minimum absolute atomic E-state index is 0.0576. The first-order valence-corrected chi connectivity index (χ1v) is 27.0. The Kier molecular flexibility index (Phi) is 23.1. The molecule has 8 rings (SSSR count). The van der Waals surface area contributed by atoms with E-state index in [1.807, 2.05) is 109 Å². The molecule has 23 heteroatoms. The van der Waals surface area contributed by atoms with Gasteiger partial charge in [-0.15, -0.1) is 0 Å². The van der Waals surface area contributed by atoms with Crippen molar-refractivity contribution in [2.75, 3.05) is 61.7 Å². The molecule has 0 fully saturated rings. The number of nitrogens with one attached hydrogen (secondary N) is 1. The number of anilines is 4. The quantitative estimate of drug-likeness (QED) is 0.0156. The van der Waals surface area contributed by atoms with Crippen LogP contribution in [-0.2, 0) is 50.1 Å². The molecule has 1 amide bonds. The molecule has 0 saturated heterocycles. The van der Waals surface area contributed by atoms with E-state index in [-0.39, 0.29) is 43.1 Å². The van der Waals surface area contributed by atoms with E-state index in [1.54, 1.807) is 78.1 Å². The summed E-state index contributed by atoms with van der Waals surface area (Å²) in [6.45, 7) is 20.5. The lowest BCUT2D eigenvalue weighted by atomic mass is 10.1. The molecule has 4 aromatic heterocycles. The van der Waals surface area contributed by atoms with E-state index in [4.69, 9.17) is 61.4 Å². The number of amides is 1. The molecule has 4 heterocycles. The van der Waals surface area contributed by atoms with E-state index < -0.39 is 29.2 Å². The average Bonchev–Trinajstić information content (AvgIpc) is 2.32. The predicted octanol–water partition coefficient (Wildman–Crippen LogP) is 9.55. The summed E-state index contributed by atoms with van der Waals surface area (Å²) in [7, 11) is 3.75. The van der Waals surface area contributed by atoms with Gasteiger partial charge in [0.15, 0.2) is 0 Å². The number of nitrogen functional groups attached to an aromatic ring is 2. The zero-order chi connectivity index (χ0) is 62.4. The molecule has 0 spiro atoms. The fourth-order valence-electron chi connectivity index (χ4n) is 7.50. The molecule has 0 aliphatic heterocycles. The molecular formula is C63H70N12O11. The molecule has 0 radical (unpaired) electrons. The van der Waals surface area contributed by atoms with Crippen LogP contribution in [0.5, 0.6) is 12.0 Å². The fraction of sp³-hybridized carbons (Fsp3) is 0.286. The van der Waals surface area contributed by atoms with Crippen molar-refractivity contribution in [3.05, 3.63) is 178 Å². The zero-order valence-electron chi connectivity index (χ0n) is 49.2. The van der Waals surface area contributed by atoms with Gasteiger partial charge in [-0.3, -0.25) is 4.79 Å². The van der Waals surface area contributed by atoms with Gasteiger partial charge < -0.3 is 69.9 Å². The topological polar surface area (TPSA) is 320 Å². The minimum atomic E-state index is -0.711. The molecule has 448 valence electrons. The van der Waals surface area contributed by atoms with E-state index in [1.165, 1.54) is 18.3 Å². The Labute approximate surface area is 498 Å². The number of nitrogens with two attached hydrogens (primary N) is 3. The van der Waals surface area contributed by atoms with Crippen molar-refractivity contribution in [3.8, 4) is 18.1 Å². The van der Waals surface area contributed by atoms with Crippen molar-refractivity contribution in [1.82, 2.24) is 25.3 Å². The Hall–Kier alpha value is -10.5. The SMILES string of the molecule is CN(CCO)c1ccc2cc(/C=C(\C#N)C(=O)OC(C)(C)C)oc2c1.NCc1ccc(COc2nccc(N)n2)cc1.[C-]#[N+]/C(=C\c1cc2cc(N(C)CCOC(=O)NCc3ccc(COc4nccc(N)n4)cc3)ccc2o1)C(=O)OC(C)(C)C. The lowest BCUT2D eigenvalue weighted by Gasteiger charge is -2.19. The number of alkyl carbamates (subject to hydrolysis) is 1. The summed E-state index contributed by atoms with van der Waals surface area (Å²) in [5.74, 6) is 0.116. The Morgan fingerprint density at radius 2 is 1.21 bits per heavy atom. The standard InChI is InChI=1S/C32H34N6O6.C19H22N2O4.C12H14N4O/c1-32(2,3)44-29(39)26(34-4)18-25-17-23-16-24(10-11-27(23)43-25)38(5)14-15-41-31(40)36-19-21-6-8-22(9-7-21)20-42-30-35-13-12-28(33)37-30;1-19(2,3)25-18(23)14(12-20)10-16-9-13-5-6-15(11-17(13)24-16)21(4)7-8-22;13-7-9-1-3-10(4-2-9)8-17-12-15-6-5-11(14)16-12/h6-13,16-18H,14-15,19-20H2,1-3,5H3,(H,36,40)(H2,33,35,37);5-6,9-11,22H,7-8H2,1-4H3;1-6H,7-8,13H2,(H2,14,15,16)/b26-18-;14-10+;. The second-order valence-electron chi connectivity index (χ2n) is 21.1. The van der Waals surface area contributed by atoms with Gasteiger partial charge in [0, 0.05) is 80.4 Å². The van der Waals surface area contributed by atoms with Crippen molar-refractivity contribution in [1.29, 1.82) is 5.26 Å². The molecule has 0 aliphatic carbocycles. The van der Waals surface area contributed by atoms with Crippen LogP contribution in [-0.4, -0.2) is 94.7 Å². The molecule has 0 saturated carbocycles. The summed E-state index contributed by atoms with van der Waals surface area (Å²) < 4.78 is 38.3. The van der Waals surface area contributed by atoms with Crippen LogP contribution in [0.3, 0.4) is 0 Å². The van der Waals surface area contributed by atoms with Crippen molar-refractivity contribution in [3.63, 3.8) is 0 Å². The Morgan fingerprint density at radius 3 is 1.77 bits per heavy atom. The molecule has 86 heavy (non-hydrogen) atoms. The maximum absolute atomic E-state index is 12.3. The highest BCUT2D eigenvalue weighted by atomic mass is 16.6. The number of benzene rings is 4. The van der Waals surface area contributed by atoms with Gasteiger partial charge in [-0.2, -0.15) is 15.2 Å². The molecule has 4 aromatic carbocycles. The number of hydrogen-bond acceptors (Lipinski definition) is 21. The van der Waals surface area contributed by atoms with E-state index in [2.05, 4.69) is 30.1 Å². The van der Waals surface area contributed by atoms with Crippen LogP contribution >= 0.6 is 0 Å². The van der Waals surface area contributed by atoms with Crippen LogP contribution in [0.4, 0.5) is 27.8 Å². The van der Waals surface area contributed by atoms with E-state index in [0.717, 1.165) is 44.4 Å². The Morgan fingerprint density at radius 1 is 0.686 bits per heavy atom. The number of likely N-dealkylation sites (N-methyl/N-ethyl adjacent to an activating group) is 2. The molecule has 8 aromatic rings. The van der Waals surface area contributed by atoms with E-state index in [9.17, 15) is 19.6 Å². The van der Waals surface area contributed by atoms with Crippen molar-refractivity contribution in [2.45, 2.75) is 79.0 Å². The first kappa shape index (κ1) is 64.7. The van der Waals surface area contributed by atoms with Crippen LogP contribution < -0.4 is 41.8 Å². The lowest BCUT2D eigenvalue weighted by Crippen LogP contribution is -2.28. The lowest BCUT2D eigenvalue weighted by molar-refractivity contribution is -0.150. The molecule has 23 nitrogen and oxygen atoms in total. The van der Waals surface area contributed by atoms with Gasteiger partial charge in [-0.25, -0.2) is 24.4 Å². The van der Waals surface area contributed by atoms with Gasteiger partial charge in [0.25, 0.3) is 5.70 Å². The van der Waals surface area contributed by atoms with Gasteiger partial charge in [-0.1, -0.05) is 48.5 Å². The van der Waals surface area contributed by atoms with Crippen LogP contribution in [0.25, 0.3) is 38.9 Å². The number of ether oxygens (including phenoxy) is 5. The number of aromatic nitrogens is 4. The predicted molar refractivity (Wildman–Crippen MR) is 326 cm³/mol. The number of furan rings is 2. The number of aliphatic hydroxyl groups is 1. The third kappa shape index (κ3) is 21.0. The van der Waals surface area contributed by atoms with Gasteiger partial charge in [0.1, 0.15) is 77.0 Å². The monoisotopic (exact) mass is 1170 g/mol. The number of esters is 2. The number of fused-ring (bicyclic) bond motifs is 2. The number of hydrogen-bond donors (Lipinski definition) is 5. The summed E-state index contributed by atoms with van der Waals surface area (Å²) >= 11 is 0. The molecule has 8 N–H and O–H groups in total. The smallest absolute Gasteiger partial charge is 0.407 e. The summed E-state index contributed by atoms with van der Waals surface area (Å²) in [6, 6.07) is 35.7. The Balaban J connectivity index is 0.000000235. The third-order valence-electron chi connectivity index (χ3n) is 11.8. The first-order valence-electron chi connectivity index (χ1n) is 27.0. The maximum Gasteiger partial charge on any atom is 0.407 e. The van der Waals surface area contributed by atoms with Crippen molar-refractivity contribution >= 4 is 75.1 Å². The highest BCUT2D eigenvalue weighted by molar-refractivity contribution is 5.98. The fourth-order valence-corrected chi connectivity index (χ4v) is 7.50. The van der Waals surface area contributed by atoms with Crippen molar-refractivity contribution < 1.29 is 52.0 Å². The average molecular weight is 1170 g/mol. The molecule has 0 bridgehead atoms. The summed E-state index contributed by atoms with van der Waals surface area (Å²) in [5, 5.41) is 22.6. The minimum Gasteiger partial charge on any atom is -0.465 e. The van der Waals surface area contributed by atoms with E-state index >= 15 is 0 Å². The summed E-state index contributed by atoms with van der Waals surface area (Å²) in [4.78, 5) is 59.6. The van der Waals surface area contributed by atoms with Gasteiger partial charge in [-0.05, 0) is 124 Å². The second-order valence-corrected chi connectivity index (χ2v) is 21.1. The molecule has 0 aliphatic rings. The zero-order valence-corrected chi connectivity index (χ0v) is 49.2. The van der Waals surface area contributed by atoms with Crippen LogP contribution in [0.2, 0.25) is 0 Å². The first-order chi connectivity index (χ1) is 41.0. The Bertz CT molecular complexity index is 3720. The number of carbonyl (C=O) groups excluding carboxylic acids is 3. The molecule has 0 atom stereocenters. The number of nitriles is 1. The highest BCUT2D eigenvalue weighted by Crippen LogP contribution is 2.28. The van der Waals surface area contributed by atoms with Gasteiger partial charge in [0.2, 0.25) is 0 Å². The third-order valence-corrected chi connectivity index (χ3v) is 11.8. The number of nitrogens with zero attached hydrogens (tertiary/aromatic N) is 8.